The average Bonchev–Trinajstić information content (AvgIpc) is 2.96. The number of aromatic amines is 1. The van der Waals surface area contributed by atoms with Crippen molar-refractivity contribution in [3.63, 3.8) is 0 Å². The highest BCUT2D eigenvalue weighted by atomic mass is 32.2. The molecule has 2 aromatic rings. The molecule has 2 rings (SSSR count). The van der Waals surface area contributed by atoms with Crippen LogP contribution in [0.1, 0.15) is 6.42 Å². The number of aryl methyl sites for hydroxylation is 1. The standard InChI is InChI=1S/C9H14N6O2S/c10-2-1-3-15-7-9(6-13-15)18(16,17)14-8-4-11-12-5-8/h4-7,14H,1-3,10H2,(H,11,12). The molecule has 8 nitrogen and oxygen atoms in total. The molecule has 0 fully saturated rings. The molecule has 0 bridgehead atoms. The van der Waals surface area contributed by atoms with Gasteiger partial charge in [0.25, 0.3) is 10.0 Å². The summed E-state index contributed by atoms with van der Waals surface area (Å²) >= 11 is 0. The van der Waals surface area contributed by atoms with Crippen LogP contribution in [0.2, 0.25) is 0 Å². The van der Waals surface area contributed by atoms with E-state index in [0.717, 1.165) is 6.42 Å². The lowest BCUT2D eigenvalue weighted by molar-refractivity contribution is 0.582. The van der Waals surface area contributed by atoms with E-state index in [-0.39, 0.29) is 4.90 Å². The highest BCUT2D eigenvalue weighted by Gasteiger charge is 2.16. The van der Waals surface area contributed by atoms with Gasteiger partial charge in [-0.15, -0.1) is 0 Å². The molecule has 2 aromatic heterocycles. The van der Waals surface area contributed by atoms with Gasteiger partial charge in [0.05, 0.1) is 18.1 Å². The number of hydrogen-bond donors (Lipinski definition) is 3. The van der Waals surface area contributed by atoms with Crippen molar-refractivity contribution in [2.75, 3.05) is 11.3 Å². The summed E-state index contributed by atoms with van der Waals surface area (Å²) in [4.78, 5) is 0.112. The van der Waals surface area contributed by atoms with E-state index in [1.807, 2.05) is 0 Å². The first-order valence-corrected chi connectivity index (χ1v) is 6.84. The van der Waals surface area contributed by atoms with Gasteiger partial charge in [0.15, 0.2) is 0 Å². The molecule has 0 unspecified atom stereocenters. The predicted molar refractivity (Wildman–Crippen MR) is 65.3 cm³/mol. The van der Waals surface area contributed by atoms with Gasteiger partial charge in [0.2, 0.25) is 0 Å². The lowest BCUT2D eigenvalue weighted by Crippen LogP contribution is -2.12. The van der Waals surface area contributed by atoms with Crippen LogP contribution in [0, 0.1) is 0 Å². The summed E-state index contributed by atoms with van der Waals surface area (Å²) in [5.74, 6) is 0. The molecule has 4 N–H and O–H groups in total. The summed E-state index contributed by atoms with van der Waals surface area (Å²) in [5.41, 5.74) is 5.76. The molecule has 98 valence electrons. The van der Waals surface area contributed by atoms with Gasteiger partial charge in [0.1, 0.15) is 4.90 Å². The molecule has 0 aliphatic heterocycles. The Labute approximate surface area is 104 Å². The number of rotatable bonds is 6. The fourth-order valence-electron chi connectivity index (χ4n) is 1.38. The minimum absolute atomic E-state index is 0.112. The number of hydrogen-bond acceptors (Lipinski definition) is 5. The molecule has 18 heavy (non-hydrogen) atoms. The van der Waals surface area contributed by atoms with Crippen molar-refractivity contribution in [3.8, 4) is 0 Å². The topological polar surface area (TPSA) is 119 Å². The molecule has 0 saturated heterocycles. The quantitative estimate of drug-likeness (QED) is 0.669. The molecule has 0 radical (unpaired) electrons. The molecule has 0 aromatic carbocycles. The molecule has 0 spiro atoms. The first kappa shape index (κ1) is 12.6. The Hall–Kier alpha value is -1.87. The Morgan fingerprint density at radius 3 is 2.94 bits per heavy atom. The summed E-state index contributed by atoms with van der Waals surface area (Å²) in [6.45, 7) is 1.13. The number of sulfonamides is 1. The van der Waals surface area contributed by atoms with Crippen LogP contribution in [0.5, 0.6) is 0 Å². The second-order valence-electron chi connectivity index (χ2n) is 3.67. The van der Waals surface area contributed by atoms with E-state index in [1.54, 1.807) is 4.68 Å². The zero-order valence-corrected chi connectivity index (χ0v) is 10.4. The monoisotopic (exact) mass is 270 g/mol. The smallest absolute Gasteiger partial charge is 0.265 e. The van der Waals surface area contributed by atoms with Crippen LogP contribution in [0.15, 0.2) is 29.7 Å². The highest BCUT2D eigenvalue weighted by Crippen LogP contribution is 2.13. The first-order chi connectivity index (χ1) is 8.62. The van der Waals surface area contributed by atoms with E-state index in [4.69, 9.17) is 5.73 Å². The Morgan fingerprint density at radius 1 is 1.44 bits per heavy atom. The number of nitrogens with two attached hydrogens (primary N) is 1. The van der Waals surface area contributed by atoms with Gasteiger partial charge >= 0.3 is 0 Å². The average molecular weight is 270 g/mol. The van der Waals surface area contributed by atoms with E-state index in [0.29, 0.717) is 18.8 Å². The fourth-order valence-corrected chi connectivity index (χ4v) is 2.37. The molecule has 9 heteroatoms. The highest BCUT2D eigenvalue weighted by molar-refractivity contribution is 7.92. The second kappa shape index (κ2) is 5.19. The lowest BCUT2D eigenvalue weighted by atomic mass is 10.4. The third-order valence-electron chi connectivity index (χ3n) is 2.26. The maximum atomic E-state index is 12.0. The van der Waals surface area contributed by atoms with Crippen LogP contribution in [0.25, 0.3) is 0 Å². The van der Waals surface area contributed by atoms with Crippen molar-refractivity contribution < 1.29 is 8.42 Å². The van der Waals surface area contributed by atoms with E-state index < -0.39 is 10.0 Å². The minimum atomic E-state index is -3.61. The van der Waals surface area contributed by atoms with Crippen molar-refractivity contribution in [2.24, 2.45) is 5.73 Å². The van der Waals surface area contributed by atoms with Gasteiger partial charge in [-0.2, -0.15) is 10.2 Å². The number of H-pyrrole nitrogens is 1. The Kier molecular flexibility index (Phi) is 3.63. The zero-order chi connectivity index (χ0) is 13.0. The van der Waals surface area contributed by atoms with Crippen LogP contribution < -0.4 is 10.5 Å². The first-order valence-electron chi connectivity index (χ1n) is 5.36. The molecule has 0 amide bonds. The van der Waals surface area contributed by atoms with Crippen molar-refractivity contribution in [2.45, 2.75) is 17.9 Å². The second-order valence-corrected chi connectivity index (χ2v) is 5.36. The maximum Gasteiger partial charge on any atom is 0.265 e. The largest absolute Gasteiger partial charge is 0.330 e. The SMILES string of the molecule is NCCCn1cc(S(=O)(=O)Nc2cn[nH]c2)cn1. The Bertz CT molecular complexity index is 588. The molecular formula is C9H14N6O2S. The summed E-state index contributed by atoms with van der Waals surface area (Å²) in [6, 6.07) is 0. The van der Waals surface area contributed by atoms with Crippen LogP contribution in [0.4, 0.5) is 5.69 Å². The summed E-state index contributed by atoms with van der Waals surface area (Å²) in [6.07, 6.45) is 6.36. The van der Waals surface area contributed by atoms with Gasteiger partial charge in [0, 0.05) is 18.9 Å². The van der Waals surface area contributed by atoms with E-state index in [1.165, 1.54) is 24.8 Å². The van der Waals surface area contributed by atoms with Gasteiger partial charge in [-0.25, -0.2) is 8.42 Å². The molecule has 0 aliphatic carbocycles. The number of aromatic nitrogens is 4. The van der Waals surface area contributed by atoms with Crippen LogP contribution in [-0.4, -0.2) is 34.9 Å². The van der Waals surface area contributed by atoms with Crippen molar-refractivity contribution in [1.29, 1.82) is 0 Å². The van der Waals surface area contributed by atoms with Gasteiger partial charge in [-0.3, -0.25) is 14.5 Å². The normalized spacial score (nSPS) is 11.6. The summed E-state index contributed by atoms with van der Waals surface area (Å²) in [7, 11) is -3.61. The fraction of sp³-hybridized carbons (Fsp3) is 0.333. The molecular weight excluding hydrogens is 256 g/mol. The van der Waals surface area contributed by atoms with Crippen molar-refractivity contribution >= 4 is 15.7 Å². The maximum absolute atomic E-state index is 12.0. The van der Waals surface area contributed by atoms with E-state index in [2.05, 4.69) is 20.0 Å². The number of anilines is 1. The minimum Gasteiger partial charge on any atom is -0.330 e. The third kappa shape index (κ3) is 2.87. The Balaban J connectivity index is 2.12. The molecule has 0 aliphatic rings. The molecule has 0 atom stereocenters. The van der Waals surface area contributed by atoms with Gasteiger partial charge in [-0.1, -0.05) is 0 Å². The molecule has 2 heterocycles. The van der Waals surface area contributed by atoms with Crippen molar-refractivity contribution in [1.82, 2.24) is 20.0 Å². The predicted octanol–water partition coefficient (Wildman–Crippen LogP) is -0.244. The Morgan fingerprint density at radius 2 is 2.28 bits per heavy atom. The molecule has 0 saturated carbocycles. The van der Waals surface area contributed by atoms with Gasteiger partial charge in [-0.05, 0) is 13.0 Å². The lowest BCUT2D eigenvalue weighted by Gasteiger charge is -2.02. The van der Waals surface area contributed by atoms with E-state index in [9.17, 15) is 8.42 Å². The number of nitrogens with one attached hydrogen (secondary N) is 2. The summed E-state index contributed by atoms with van der Waals surface area (Å²) in [5, 5.41) is 10.2. The zero-order valence-electron chi connectivity index (χ0n) is 9.57. The van der Waals surface area contributed by atoms with E-state index >= 15 is 0 Å². The van der Waals surface area contributed by atoms with Gasteiger partial charge < -0.3 is 5.73 Å². The summed E-state index contributed by atoms with van der Waals surface area (Å²) < 4.78 is 27.8. The van der Waals surface area contributed by atoms with Crippen LogP contribution in [0.3, 0.4) is 0 Å². The number of nitrogens with zero attached hydrogens (tertiary/aromatic N) is 3. The van der Waals surface area contributed by atoms with Crippen LogP contribution in [-0.2, 0) is 16.6 Å². The third-order valence-corrected chi connectivity index (χ3v) is 3.60. The van der Waals surface area contributed by atoms with Crippen molar-refractivity contribution in [3.05, 3.63) is 24.8 Å². The van der Waals surface area contributed by atoms with Crippen LogP contribution >= 0.6 is 0 Å².